The normalized spacial score (nSPS) is 11.8. The van der Waals surface area contributed by atoms with Gasteiger partial charge in [-0.25, -0.2) is 15.0 Å². The fourth-order valence-corrected chi connectivity index (χ4v) is 3.56. The maximum absolute atomic E-state index is 6.32. The standard InChI is InChI=1S/C20H16ClN5OS/c21-15-9-5-4-8-14(15)19(22)16-11-28-20(25-16)26-17-10-18(24-12-23-17)27-13-6-2-1-3-7-13/h1-12,19H,22H2,(H,23,24,25,26). The molecular weight excluding hydrogens is 394 g/mol. The first-order valence-electron chi connectivity index (χ1n) is 8.46. The van der Waals surface area contributed by atoms with E-state index in [1.54, 1.807) is 6.07 Å². The van der Waals surface area contributed by atoms with Crippen molar-refractivity contribution in [1.29, 1.82) is 0 Å². The van der Waals surface area contributed by atoms with Crippen LogP contribution in [0.2, 0.25) is 5.02 Å². The molecule has 0 amide bonds. The number of nitrogens with one attached hydrogen (secondary N) is 1. The first-order valence-corrected chi connectivity index (χ1v) is 9.72. The van der Waals surface area contributed by atoms with Gasteiger partial charge in [-0.3, -0.25) is 0 Å². The lowest BCUT2D eigenvalue weighted by molar-refractivity contribution is 0.462. The number of thiazole rings is 1. The van der Waals surface area contributed by atoms with Crippen LogP contribution in [0.15, 0.2) is 72.4 Å². The van der Waals surface area contributed by atoms with Crippen LogP contribution in [-0.4, -0.2) is 15.0 Å². The van der Waals surface area contributed by atoms with E-state index in [1.807, 2.05) is 60.0 Å². The number of ether oxygens (including phenoxy) is 1. The zero-order chi connectivity index (χ0) is 19.3. The summed E-state index contributed by atoms with van der Waals surface area (Å²) in [6.45, 7) is 0. The maximum atomic E-state index is 6.32. The molecule has 4 aromatic rings. The van der Waals surface area contributed by atoms with Gasteiger partial charge in [0.15, 0.2) is 5.13 Å². The lowest BCUT2D eigenvalue weighted by Gasteiger charge is -2.11. The van der Waals surface area contributed by atoms with Crippen LogP contribution in [0.3, 0.4) is 0 Å². The third-order valence-corrected chi connectivity index (χ3v) is 5.04. The molecule has 0 spiro atoms. The number of aromatic nitrogens is 3. The molecule has 0 radical (unpaired) electrons. The molecule has 0 saturated heterocycles. The molecule has 0 aliphatic carbocycles. The lowest BCUT2D eigenvalue weighted by atomic mass is 10.1. The monoisotopic (exact) mass is 409 g/mol. The molecule has 0 bridgehead atoms. The number of para-hydroxylation sites is 1. The summed E-state index contributed by atoms with van der Waals surface area (Å²) in [4.78, 5) is 12.9. The Morgan fingerprint density at radius 3 is 2.64 bits per heavy atom. The maximum Gasteiger partial charge on any atom is 0.224 e. The van der Waals surface area contributed by atoms with Gasteiger partial charge >= 0.3 is 0 Å². The summed E-state index contributed by atoms with van der Waals surface area (Å²) in [5.41, 5.74) is 7.89. The Morgan fingerprint density at radius 2 is 1.82 bits per heavy atom. The highest BCUT2D eigenvalue weighted by molar-refractivity contribution is 7.13. The van der Waals surface area contributed by atoms with Crippen LogP contribution in [0.5, 0.6) is 11.6 Å². The van der Waals surface area contributed by atoms with Gasteiger partial charge in [0.05, 0.1) is 11.7 Å². The number of benzene rings is 2. The molecular formula is C20H16ClN5OS. The van der Waals surface area contributed by atoms with E-state index in [-0.39, 0.29) is 0 Å². The van der Waals surface area contributed by atoms with Gasteiger partial charge in [-0.2, -0.15) is 0 Å². The van der Waals surface area contributed by atoms with Gasteiger partial charge in [0.2, 0.25) is 5.88 Å². The average molecular weight is 410 g/mol. The molecule has 2 heterocycles. The van der Waals surface area contributed by atoms with E-state index in [1.165, 1.54) is 17.7 Å². The Morgan fingerprint density at radius 1 is 1.04 bits per heavy atom. The van der Waals surface area contributed by atoms with Crippen molar-refractivity contribution in [2.75, 3.05) is 5.32 Å². The van der Waals surface area contributed by atoms with Crippen LogP contribution in [0.25, 0.3) is 0 Å². The zero-order valence-electron chi connectivity index (χ0n) is 14.6. The van der Waals surface area contributed by atoms with Crippen molar-refractivity contribution >= 4 is 33.9 Å². The van der Waals surface area contributed by atoms with E-state index in [0.29, 0.717) is 27.6 Å². The van der Waals surface area contributed by atoms with Gasteiger partial charge in [-0.1, -0.05) is 48.0 Å². The lowest BCUT2D eigenvalue weighted by Crippen LogP contribution is -2.12. The molecule has 140 valence electrons. The van der Waals surface area contributed by atoms with Crippen LogP contribution < -0.4 is 15.8 Å². The largest absolute Gasteiger partial charge is 0.439 e. The molecule has 0 aliphatic heterocycles. The molecule has 4 rings (SSSR count). The molecule has 2 aromatic carbocycles. The highest BCUT2D eigenvalue weighted by atomic mass is 35.5. The fraction of sp³-hybridized carbons (Fsp3) is 0.0500. The Balaban J connectivity index is 1.48. The Kier molecular flexibility index (Phi) is 5.48. The second-order valence-corrected chi connectivity index (χ2v) is 7.12. The summed E-state index contributed by atoms with van der Waals surface area (Å²) >= 11 is 7.68. The number of nitrogens with zero attached hydrogens (tertiary/aromatic N) is 3. The zero-order valence-corrected chi connectivity index (χ0v) is 16.2. The second kappa shape index (κ2) is 8.35. The molecule has 8 heteroatoms. The van der Waals surface area contributed by atoms with Crippen LogP contribution in [0.1, 0.15) is 17.3 Å². The van der Waals surface area contributed by atoms with Crippen molar-refractivity contribution in [3.63, 3.8) is 0 Å². The Labute approximate surface area is 171 Å². The summed E-state index contributed by atoms with van der Waals surface area (Å²) in [7, 11) is 0. The minimum Gasteiger partial charge on any atom is -0.439 e. The van der Waals surface area contributed by atoms with E-state index >= 15 is 0 Å². The number of halogens is 1. The predicted octanol–water partition coefficient (Wildman–Crippen LogP) is 5.17. The highest BCUT2D eigenvalue weighted by Crippen LogP contribution is 2.30. The van der Waals surface area contributed by atoms with Crippen molar-refractivity contribution in [1.82, 2.24) is 15.0 Å². The van der Waals surface area contributed by atoms with Gasteiger partial charge < -0.3 is 15.8 Å². The number of anilines is 2. The molecule has 2 aromatic heterocycles. The van der Waals surface area contributed by atoms with Crippen LogP contribution in [0.4, 0.5) is 10.9 Å². The summed E-state index contributed by atoms with van der Waals surface area (Å²) in [6, 6.07) is 18.2. The molecule has 1 atom stereocenters. The van der Waals surface area contributed by atoms with Gasteiger partial charge in [0.25, 0.3) is 0 Å². The Bertz CT molecular complexity index is 1070. The first-order chi connectivity index (χ1) is 13.7. The first kappa shape index (κ1) is 18.4. The summed E-state index contributed by atoms with van der Waals surface area (Å²) < 4.78 is 5.73. The van der Waals surface area contributed by atoms with Crippen molar-refractivity contribution < 1.29 is 4.74 Å². The van der Waals surface area contributed by atoms with Gasteiger partial charge in [0.1, 0.15) is 17.9 Å². The van der Waals surface area contributed by atoms with E-state index in [0.717, 1.165) is 11.3 Å². The van der Waals surface area contributed by atoms with E-state index in [9.17, 15) is 0 Å². The van der Waals surface area contributed by atoms with Crippen LogP contribution in [0, 0.1) is 0 Å². The summed E-state index contributed by atoms with van der Waals surface area (Å²) in [5.74, 6) is 1.72. The molecule has 1 unspecified atom stereocenters. The third kappa shape index (κ3) is 4.28. The molecule has 0 saturated carbocycles. The number of hydrogen-bond donors (Lipinski definition) is 2. The number of nitrogens with two attached hydrogens (primary N) is 1. The minimum absolute atomic E-state index is 0.400. The molecule has 0 fully saturated rings. The summed E-state index contributed by atoms with van der Waals surface area (Å²) in [6.07, 6.45) is 1.44. The third-order valence-electron chi connectivity index (χ3n) is 3.92. The second-order valence-electron chi connectivity index (χ2n) is 5.86. The SMILES string of the molecule is NC(c1csc(Nc2cc(Oc3ccccc3)ncn2)n1)c1ccccc1Cl. The van der Waals surface area contributed by atoms with Crippen molar-refractivity contribution in [2.45, 2.75) is 6.04 Å². The van der Waals surface area contributed by atoms with Gasteiger partial charge in [0, 0.05) is 16.5 Å². The topological polar surface area (TPSA) is 86.0 Å². The summed E-state index contributed by atoms with van der Waals surface area (Å²) in [5, 5.41) is 6.35. The van der Waals surface area contributed by atoms with Crippen molar-refractivity contribution in [2.24, 2.45) is 5.73 Å². The molecule has 6 nitrogen and oxygen atoms in total. The molecule has 3 N–H and O–H groups in total. The van der Waals surface area contributed by atoms with Crippen molar-refractivity contribution in [3.05, 3.63) is 88.7 Å². The van der Waals surface area contributed by atoms with E-state index < -0.39 is 6.04 Å². The molecule has 28 heavy (non-hydrogen) atoms. The predicted molar refractivity (Wildman–Crippen MR) is 111 cm³/mol. The van der Waals surface area contributed by atoms with Crippen LogP contribution in [-0.2, 0) is 0 Å². The highest BCUT2D eigenvalue weighted by Gasteiger charge is 2.16. The fourth-order valence-electron chi connectivity index (χ4n) is 2.56. The van der Waals surface area contributed by atoms with E-state index in [2.05, 4.69) is 20.3 Å². The van der Waals surface area contributed by atoms with Crippen LogP contribution >= 0.6 is 22.9 Å². The van der Waals surface area contributed by atoms with Gasteiger partial charge in [-0.05, 0) is 23.8 Å². The molecule has 0 aliphatic rings. The number of hydrogen-bond acceptors (Lipinski definition) is 7. The minimum atomic E-state index is -0.400. The Hall–Kier alpha value is -3.00. The van der Waals surface area contributed by atoms with Gasteiger partial charge in [-0.15, -0.1) is 11.3 Å². The van der Waals surface area contributed by atoms with Crippen molar-refractivity contribution in [3.8, 4) is 11.6 Å². The quantitative estimate of drug-likeness (QED) is 0.457. The van der Waals surface area contributed by atoms with E-state index in [4.69, 9.17) is 22.1 Å². The smallest absolute Gasteiger partial charge is 0.224 e. The average Bonchev–Trinajstić information content (AvgIpc) is 3.17. The number of rotatable bonds is 6.